The summed E-state index contributed by atoms with van der Waals surface area (Å²) >= 11 is 0. The highest BCUT2D eigenvalue weighted by Crippen LogP contribution is 2.33. The van der Waals surface area contributed by atoms with Crippen LogP contribution in [0.1, 0.15) is 37.1 Å². The highest BCUT2D eigenvalue weighted by molar-refractivity contribution is 6.76. The van der Waals surface area contributed by atoms with Gasteiger partial charge in [0.05, 0.1) is 35.0 Å². The zero-order chi connectivity index (χ0) is 26.7. The SMILES string of the molecule is Cc1ccc([C@H]2CC[C@H](C)CN2C(=O)C(=O)Nc2cnc(N)c3cnn(COCC[Si](C)(C)C)c23)cn1. The van der Waals surface area contributed by atoms with Gasteiger partial charge in [0, 0.05) is 33.1 Å². The number of carbonyl (C=O) groups is 2. The van der Waals surface area contributed by atoms with Gasteiger partial charge in [-0.2, -0.15) is 5.10 Å². The van der Waals surface area contributed by atoms with Crippen LogP contribution in [0, 0.1) is 12.8 Å². The zero-order valence-electron chi connectivity index (χ0n) is 22.3. The second kappa shape index (κ2) is 11.0. The molecule has 3 aromatic heterocycles. The first-order chi connectivity index (χ1) is 17.5. The lowest BCUT2D eigenvalue weighted by Gasteiger charge is -2.38. The number of nitrogens with one attached hydrogen (secondary N) is 1. The average molecular weight is 524 g/mol. The average Bonchev–Trinajstić information content (AvgIpc) is 3.28. The van der Waals surface area contributed by atoms with Crippen molar-refractivity contribution in [3.63, 3.8) is 0 Å². The zero-order valence-corrected chi connectivity index (χ0v) is 23.3. The number of anilines is 2. The molecule has 0 spiro atoms. The number of piperidine rings is 1. The van der Waals surface area contributed by atoms with Crippen molar-refractivity contribution in [1.29, 1.82) is 0 Å². The van der Waals surface area contributed by atoms with Gasteiger partial charge < -0.3 is 20.7 Å². The van der Waals surface area contributed by atoms with Crippen LogP contribution in [0.5, 0.6) is 0 Å². The Bertz CT molecular complexity index is 1270. The predicted octanol–water partition coefficient (Wildman–Crippen LogP) is 3.97. The number of carbonyl (C=O) groups excluding carboxylic acids is 2. The van der Waals surface area contributed by atoms with Gasteiger partial charge in [0.15, 0.2) is 0 Å². The third-order valence-electron chi connectivity index (χ3n) is 6.75. The molecule has 37 heavy (non-hydrogen) atoms. The molecule has 1 fully saturated rings. The summed E-state index contributed by atoms with van der Waals surface area (Å²) in [6.45, 7) is 12.2. The van der Waals surface area contributed by atoms with Crippen LogP contribution >= 0.6 is 0 Å². The van der Waals surface area contributed by atoms with Gasteiger partial charge in [0.1, 0.15) is 12.5 Å². The minimum atomic E-state index is -1.23. The lowest BCUT2D eigenvalue weighted by Crippen LogP contribution is -2.46. The topological polar surface area (TPSA) is 128 Å². The molecule has 2 amide bonds. The van der Waals surface area contributed by atoms with Gasteiger partial charge in [-0.15, -0.1) is 0 Å². The number of nitrogens with two attached hydrogens (primary N) is 1. The molecule has 0 unspecified atom stereocenters. The third-order valence-corrected chi connectivity index (χ3v) is 8.46. The smallest absolute Gasteiger partial charge is 0.314 e. The number of aryl methyl sites for hydroxylation is 1. The molecule has 11 heteroatoms. The second-order valence-electron chi connectivity index (χ2n) is 11.2. The Hall–Kier alpha value is -3.31. The number of pyridine rings is 2. The summed E-state index contributed by atoms with van der Waals surface area (Å²) in [5, 5.41) is 7.76. The number of likely N-dealkylation sites (tertiary alicyclic amines) is 1. The maximum Gasteiger partial charge on any atom is 0.314 e. The molecule has 198 valence electrons. The summed E-state index contributed by atoms with van der Waals surface area (Å²) in [7, 11) is -1.23. The van der Waals surface area contributed by atoms with E-state index in [4.69, 9.17) is 10.5 Å². The largest absolute Gasteiger partial charge is 0.383 e. The standard InChI is InChI=1S/C26H37N7O3Si/c1-17-6-9-22(19-8-7-18(2)28-12-19)32(15-17)26(35)25(34)31-21-14-29-24(27)20-13-30-33(23(20)21)16-36-10-11-37(3,4)5/h7-8,12-14,17,22H,6,9-11,15-16H2,1-5H3,(H2,27,29)(H,31,34)/t17-,22+/m0/s1. The fourth-order valence-electron chi connectivity index (χ4n) is 4.55. The molecule has 3 aromatic rings. The van der Waals surface area contributed by atoms with Crippen molar-refractivity contribution < 1.29 is 14.3 Å². The molecular weight excluding hydrogens is 486 g/mol. The van der Waals surface area contributed by atoms with E-state index >= 15 is 0 Å². The number of rotatable bonds is 7. The summed E-state index contributed by atoms with van der Waals surface area (Å²) in [5.74, 6) is -0.713. The Balaban J connectivity index is 1.54. The van der Waals surface area contributed by atoms with Crippen LogP contribution in [0.3, 0.4) is 0 Å². The number of hydrogen-bond acceptors (Lipinski definition) is 7. The molecule has 1 aliphatic rings. The number of nitrogen functional groups attached to an aromatic ring is 1. The van der Waals surface area contributed by atoms with Gasteiger partial charge in [-0.05, 0) is 43.4 Å². The Labute approximate surface area is 218 Å². The van der Waals surface area contributed by atoms with Crippen molar-refractivity contribution in [2.75, 3.05) is 24.2 Å². The van der Waals surface area contributed by atoms with Crippen molar-refractivity contribution in [3.05, 3.63) is 42.0 Å². The molecule has 4 rings (SSSR count). The molecule has 0 bridgehead atoms. The van der Waals surface area contributed by atoms with E-state index in [1.54, 1.807) is 22.0 Å². The molecule has 2 atom stereocenters. The van der Waals surface area contributed by atoms with Crippen molar-refractivity contribution in [2.24, 2.45) is 5.92 Å². The molecule has 0 saturated carbocycles. The summed E-state index contributed by atoms with van der Waals surface area (Å²) in [6.07, 6.45) is 6.61. The first kappa shape index (κ1) is 26.7. The van der Waals surface area contributed by atoms with Gasteiger partial charge in [-0.3, -0.25) is 14.6 Å². The molecule has 0 aromatic carbocycles. The lowest BCUT2D eigenvalue weighted by atomic mass is 9.90. The second-order valence-corrected chi connectivity index (χ2v) is 16.8. The highest BCUT2D eigenvalue weighted by Gasteiger charge is 2.34. The van der Waals surface area contributed by atoms with Crippen molar-refractivity contribution in [2.45, 2.75) is 65.1 Å². The van der Waals surface area contributed by atoms with E-state index in [9.17, 15) is 9.59 Å². The summed E-state index contributed by atoms with van der Waals surface area (Å²) < 4.78 is 7.51. The van der Waals surface area contributed by atoms with E-state index in [-0.39, 0.29) is 12.8 Å². The van der Waals surface area contributed by atoms with Crippen LogP contribution in [0.25, 0.3) is 10.9 Å². The minimum Gasteiger partial charge on any atom is -0.383 e. The van der Waals surface area contributed by atoms with E-state index in [1.165, 1.54) is 6.20 Å². The van der Waals surface area contributed by atoms with Crippen LogP contribution in [0.15, 0.2) is 30.7 Å². The van der Waals surface area contributed by atoms with Gasteiger partial charge in [-0.25, -0.2) is 9.67 Å². The number of aromatic nitrogens is 4. The molecule has 0 aliphatic carbocycles. The maximum absolute atomic E-state index is 13.4. The lowest BCUT2D eigenvalue weighted by molar-refractivity contribution is -0.146. The highest BCUT2D eigenvalue weighted by atomic mass is 28.3. The first-order valence-electron chi connectivity index (χ1n) is 12.8. The van der Waals surface area contributed by atoms with Gasteiger partial charge in [-0.1, -0.05) is 32.6 Å². The van der Waals surface area contributed by atoms with E-state index < -0.39 is 19.9 Å². The number of hydrogen-bond donors (Lipinski definition) is 2. The Morgan fingerprint density at radius 3 is 2.65 bits per heavy atom. The van der Waals surface area contributed by atoms with Crippen LogP contribution < -0.4 is 11.1 Å². The van der Waals surface area contributed by atoms with Gasteiger partial charge >= 0.3 is 11.8 Å². The van der Waals surface area contributed by atoms with Crippen LogP contribution in [0.2, 0.25) is 25.7 Å². The predicted molar refractivity (Wildman–Crippen MR) is 147 cm³/mol. The minimum absolute atomic E-state index is 0.197. The van der Waals surface area contributed by atoms with Crippen molar-refractivity contribution in [1.82, 2.24) is 24.6 Å². The van der Waals surface area contributed by atoms with Gasteiger partial charge in [0.25, 0.3) is 0 Å². The Morgan fingerprint density at radius 1 is 1.16 bits per heavy atom. The first-order valence-corrected chi connectivity index (χ1v) is 16.5. The van der Waals surface area contributed by atoms with Crippen molar-refractivity contribution in [3.8, 4) is 0 Å². The maximum atomic E-state index is 13.4. The van der Waals surface area contributed by atoms with E-state index in [0.29, 0.717) is 41.5 Å². The Kier molecular flexibility index (Phi) is 7.93. The number of ether oxygens (including phenoxy) is 1. The summed E-state index contributed by atoms with van der Waals surface area (Å²) in [5.41, 5.74) is 8.86. The molecule has 0 radical (unpaired) electrons. The van der Waals surface area contributed by atoms with Crippen LogP contribution in [0.4, 0.5) is 11.5 Å². The third kappa shape index (κ3) is 6.34. The quantitative estimate of drug-likeness (QED) is 0.272. The summed E-state index contributed by atoms with van der Waals surface area (Å²) in [4.78, 5) is 36.9. The number of amides is 2. The monoisotopic (exact) mass is 523 g/mol. The number of fused-ring (bicyclic) bond motifs is 1. The molecule has 10 nitrogen and oxygen atoms in total. The molecule has 3 N–H and O–H groups in total. The fourth-order valence-corrected chi connectivity index (χ4v) is 5.30. The molecule has 1 aliphatic heterocycles. The van der Waals surface area contributed by atoms with Crippen molar-refractivity contribution >= 4 is 42.3 Å². The molecule has 4 heterocycles. The van der Waals surface area contributed by atoms with E-state index in [1.807, 2.05) is 19.1 Å². The molecule has 1 saturated heterocycles. The van der Waals surface area contributed by atoms with Crippen LogP contribution in [-0.2, 0) is 21.1 Å². The Morgan fingerprint density at radius 2 is 1.95 bits per heavy atom. The molecular formula is C26H37N7O3Si. The van der Waals surface area contributed by atoms with Crippen LogP contribution in [-0.4, -0.2) is 57.7 Å². The van der Waals surface area contributed by atoms with Gasteiger partial charge in [0.2, 0.25) is 0 Å². The van der Waals surface area contributed by atoms with E-state index in [0.717, 1.165) is 30.1 Å². The summed E-state index contributed by atoms with van der Waals surface area (Å²) in [6, 6.07) is 4.74. The van der Waals surface area contributed by atoms with E-state index in [2.05, 4.69) is 46.9 Å². The normalized spacial score (nSPS) is 18.2. The fraction of sp³-hybridized carbons (Fsp3) is 0.500. The number of nitrogens with zero attached hydrogens (tertiary/aromatic N) is 5.